The Kier molecular flexibility index (Phi) is 6.71. The quantitative estimate of drug-likeness (QED) is 0.455. The number of aryl methyl sites for hydroxylation is 1. The average molecular weight is 516 g/mol. The molecule has 3 aromatic rings. The number of aromatic nitrogens is 2. The number of benzene rings is 1. The molecule has 186 valence electrons. The van der Waals surface area contributed by atoms with E-state index in [9.17, 15) is 27.9 Å². The molecule has 0 aliphatic carbocycles. The summed E-state index contributed by atoms with van der Waals surface area (Å²) in [6.07, 6.45) is -2.14. The summed E-state index contributed by atoms with van der Waals surface area (Å²) in [5.41, 5.74) is -0.440. The zero-order valence-electron chi connectivity index (χ0n) is 19.1. The highest BCUT2D eigenvalue weighted by Crippen LogP contribution is 2.29. The maximum absolute atomic E-state index is 12.9. The molecule has 0 spiro atoms. The van der Waals surface area contributed by atoms with Crippen LogP contribution in [0.4, 0.5) is 28.8 Å². The van der Waals surface area contributed by atoms with Crippen molar-refractivity contribution in [2.45, 2.75) is 25.6 Å². The van der Waals surface area contributed by atoms with Gasteiger partial charge in [0.2, 0.25) is 0 Å². The van der Waals surface area contributed by atoms with E-state index in [-0.39, 0.29) is 24.8 Å². The molecule has 0 radical (unpaired) electrons. The molecule has 0 saturated carbocycles. The van der Waals surface area contributed by atoms with Gasteiger partial charge in [0.05, 0.1) is 35.3 Å². The fraction of sp³-hybridized carbons (Fsp3) is 0.250. The van der Waals surface area contributed by atoms with Gasteiger partial charge in [0.15, 0.2) is 5.13 Å². The van der Waals surface area contributed by atoms with Crippen molar-refractivity contribution in [3.05, 3.63) is 70.0 Å². The van der Waals surface area contributed by atoms with Crippen molar-refractivity contribution < 1.29 is 27.9 Å². The van der Waals surface area contributed by atoms with E-state index in [1.165, 1.54) is 22.4 Å². The van der Waals surface area contributed by atoms with Crippen LogP contribution in [0, 0.1) is 18.8 Å². The Morgan fingerprint density at radius 1 is 1.14 bits per heavy atom. The largest absolute Gasteiger partial charge is 0.416 e. The lowest BCUT2D eigenvalue weighted by Crippen LogP contribution is -2.62. The number of aliphatic hydroxyl groups is 1. The standard InChI is InChI=1S/C24H20F3N5O3S/c1-14-3-5-17(30-20(33)19-10-16(7-8-28-19)24(25,26)27)9-15(14)4-6-18-11-29-21(36-18)31-22(34)32-12-23(2,35)13-32/h3,5,7-11,35H,12-13H2,1-2H3,(H,30,33)(H,29,31,34). The Morgan fingerprint density at radius 3 is 2.58 bits per heavy atom. The minimum atomic E-state index is -4.58. The van der Waals surface area contributed by atoms with Crippen molar-refractivity contribution in [2.24, 2.45) is 0 Å². The zero-order chi connectivity index (χ0) is 26.1. The minimum Gasteiger partial charge on any atom is -0.386 e. The molecule has 1 aromatic carbocycles. The highest BCUT2D eigenvalue weighted by atomic mass is 32.1. The first kappa shape index (κ1) is 25.2. The fourth-order valence-electron chi connectivity index (χ4n) is 3.37. The lowest BCUT2D eigenvalue weighted by Gasteiger charge is -2.43. The first-order valence-corrected chi connectivity index (χ1v) is 11.4. The Bertz CT molecular complexity index is 1380. The number of amides is 3. The summed E-state index contributed by atoms with van der Waals surface area (Å²) in [5.74, 6) is 5.15. The second kappa shape index (κ2) is 9.60. The molecule has 1 aliphatic rings. The molecule has 8 nitrogen and oxygen atoms in total. The minimum absolute atomic E-state index is 0.243. The number of carbonyl (C=O) groups excluding carboxylic acids is 2. The molecule has 0 atom stereocenters. The van der Waals surface area contributed by atoms with Crippen LogP contribution in [0.2, 0.25) is 0 Å². The highest BCUT2D eigenvalue weighted by Gasteiger charge is 2.39. The van der Waals surface area contributed by atoms with Crippen LogP contribution < -0.4 is 10.6 Å². The van der Waals surface area contributed by atoms with Crippen LogP contribution in [-0.2, 0) is 6.18 Å². The first-order chi connectivity index (χ1) is 16.9. The van der Waals surface area contributed by atoms with Crippen LogP contribution >= 0.6 is 11.3 Å². The molecule has 3 N–H and O–H groups in total. The fourth-order valence-corrected chi connectivity index (χ4v) is 4.03. The maximum atomic E-state index is 12.9. The van der Waals surface area contributed by atoms with Gasteiger partial charge >= 0.3 is 12.2 Å². The van der Waals surface area contributed by atoms with Gasteiger partial charge in [-0.2, -0.15) is 13.2 Å². The number of alkyl halides is 3. The van der Waals surface area contributed by atoms with E-state index in [0.717, 1.165) is 17.8 Å². The normalized spacial score (nSPS) is 14.3. The predicted octanol–water partition coefficient (Wildman–Crippen LogP) is 4.12. The molecule has 3 heterocycles. The number of nitrogens with one attached hydrogen (secondary N) is 2. The summed E-state index contributed by atoms with van der Waals surface area (Å²) in [5, 5.41) is 15.3. The number of halogens is 3. The molecule has 1 fully saturated rings. The smallest absolute Gasteiger partial charge is 0.386 e. The molecular weight excluding hydrogens is 495 g/mol. The van der Waals surface area contributed by atoms with Crippen LogP contribution in [0.15, 0.2) is 42.7 Å². The SMILES string of the molecule is Cc1ccc(NC(=O)c2cc(C(F)(F)F)ccn2)cc1C#Cc1cnc(NC(=O)N2CC(C)(O)C2)s1. The van der Waals surface area contributed by atoms with Crippen LogP contribution in [-0.4, -0.2) is 50.6 Å². The van der Waals surface area contributed by atoms with Gasteiger partial charge in [-0.1, -0.05) is 23.3 Å². The lowest BCUT2D eigenvalue weighted by atomic mass is 9.98. The number of hydrogen-bond acceptors (Lipinski definition) is 6. The van der Waals surface area contributed by atoms with Gasteiger partial charge in [-0.3, -0.25) is 15.1 Å². The van der Waals surface area contributed by atoms with Crippen molar-refractivity contribution in [3.8, 4) is 11.8 Å². The first-order valence-electron chi connectivity index (χ1n) is 10.6. The summed E-state index contributed by atoms with van der Waals surface area (Å²) >= 11 is 1.18. The number of likely N-dealkylation sites (tertiary alicyclic amines) is 1. The topological polar surface area (TPSA) is 107 Å². The Labute approximate surface area is 208 Å². The average Bonchev–Trinajstić information content (AvgIpc) is 3.24. The Morgan fingerprint density at radius 2 is 1.89 bits per heavy atom. The molecule has 2 aromatic heterocycles. The summed E-state index contributed by atoms with van der Waals surface area (Å²) in [4.78, 5) is 34.5. The lowest BCUT2D eigenvalue weighted by molar-refractivity contribution is -0.137. The van der Waals surface area contributed by atoms with E-state index in [4.69, 9.17) is 0 Å². The molecule has 36 heavy (non-hydrogen) atoms. The van der Waals surface area contributed by atoms with Crippen molar-refractivity contribution in [1.29, 1.82) is 0 Å². The van der Waals surface area contributed by atoms with Gasteiger partial charge < -0.3 is 15.3 Å². The zero-order valence-corrected chi connectivity index (χ0v) is 19.9. The molecule has 3 amide bonds. The monoisotopic (exact) mass is 515 g/mol. The van der Waals surface area contributed by atoms with E-state index < -0.39 is 23.2 Å². The van der Waals surface area contributed by atoms with Crippen LogP contribution in [0.5, 0.6) is 0 Å². The number of hydrogen-bond donors (Lipinski definition) is 3. The Hall–Kier alpha value is -3.95. The molecule has 12 heteroatoms. The molecule has 0 bridgehead atoms. The highest BCUT2D eigenvalue weighted by molar-refractivity contribution is 7.16. The third-order valence-electron chi connectivity index (χ3n) is 5.21. The van der Waals surface area contributed by atoms with Gasteiger partial charge in [-0.15, -0.1) is 0 Å². The number of carbonyl (C=O) groups is 2. The summed E-state index contributed by atoms with van der Waals surface area (Å²) < 4.78 is 38.7. The second-order valence-electron chi connectivity index (χ2n) is 8.47. The van der Waals surface area contributed by atoms with Crippen molar-refractivity contribution in [2.75, 3.05) is 23.7 Å². The second-order valence-corrected chi connectivity index (χ2v) is 9.50. The van der Waals surface area contributed by atoms with Crippen LogP contribution in [0.3, 0.4) is 0 Å². The van der Waals surface area contributed by atoms with Crippen molar-refractivity contribution in [3.63, 3.8) is 0 Å². The van der Waals surface area contributed by atoms with E-state index in [1.54, 1.807) is 25.1 Å². The van der Waals surface area contributed by atoms with E-state index >= 15 is 0 Å². The summed E-state index contributed by atoms with van der Waals surface area (Å²) in [7, 11) is 0. The summed E-state index contributed by atoms with van der Waals surface area (Å²) in [6.45, 7) is 3.96. The molecule has 0 unspecified atom stereocenters. The number of nitrogens with zero attached hydrogens (tertiary/aromatic N) is 3. The number of rotatable bonds is 3. The molecule has 1 aliphatic heterocycles. The predicted molar refractivity (Wildman–Crippen MR) is 128 cm³/mol. The van der Waals surface area contributed by atoms with Crippen molar-refractivity contribution >= 4 is 34.1 Å². The van der Waals surface area contributed by atoms with Gasteiger partial charge in [0, 0.05) is 17.4 Å². The number of urea groups is 1. The molecule has 4 rings (SSSR count). The Balaban J connectivity index is 1.43. The number of pyridine rings is 1. The van der Waals surface area contributed by atoms with Gasteiger partial charge in [0.1, 0.15) is 5.69 Å². The third kappa shape index (κ3) is 5.99. The van der Waals surface area contributed by atoms with E-state index in [2.05, 4.69) is 32.4 Å². The van der Waals surface area contributed by atoms with Crippen LogP contribution in [0.1, 0.15) is 39.0 Å². The third-order valence-corrected chi connectivity index (χ3v) is 6.03. The number of thiazole rings is 1. The number of anilines is 2. The van der Waals surface area contributed by atoms with Gasteiger partial charge in [0.25, 0.3) is 5.91 Å². The molecular formula is C24H20F3N5O3S. The molecule has 1 saturated heterocycles. The van der Waals surface area contributed by atoms with E-state index in [0.29, 0.717) is 27.3 Å². The maximum Gasteiger partial charge on any atom is 0.416 e. The van der Waals surface area contributed by atoms with Gasteiger partial charge in [-0.25, -0.2) is 9.78 Å². The van der Waals surface area contributed by atoms with Crippen LogP contribution in [0.25, 0.3) is 0 Å². The number of β-amino-alcohol motifs (C(OH)–C–C–N with tert-alkyl or cyclic N) is 1. The van der Waals surface area contributed by atoms with Gasteiger partial charge in [-0.05, 0) is 49.6 Å². The van der Waals surface area contributed by atoms with Crippen molar-refractivity contribution in [1.82, 2.24) is 14.9 Å². The van der Waals surface area contributed by atoms with E-state index in [1.807, 2.05) is 6.92 Å². The summed E-state index contributed by atoms with van der Waals surface area (Å²) in [6, 6.07) is 6.06.